The molecule has 2 heterocycles. The van der Waals surface area contributed by atoms with Crippen LogP contribution in [0, 0.1) is 0 Å². The fraction of sp³-hybridized carbons (Fsp3) is 0.842. The molecule has 3 fully saturated rings. The van der Waals surface area contributed by atoms with E-state index in [1.807, 2.05) is 9.80 Å². The molecule has 27 heavy (non-hydrogen) atoms. The summed E-state index contributed by atoms with van der Waals surface area (Å²) < 4.78 is 0. The van der Waals surface area contributed by atoms with E-state index in [1.54, 1.807) is 0 Å². The van der Waals surface area contributed by atoms with E-state index in [4.69, 9.17) is 0 Å². The number of nitrogens with one attached hydrogen (secondary N) is 2. The normalized spacial score (nSPS) is 22.6. The van der Waals surface area contributed by atoms with Gasteiger partial charge >= 0.3 is 6.03 Å². The maximum absolute atomic E-state index is 12.4. The topological polar surface area (TPSA) is 85.0 Å². The molecule has 0 radical (unpaired) electrons. The lowest BCUT2D eigenvalue weighted by atomic mass is 10.1. The van der Waals surface area contributed by atoms with E-state index in [0.29, 0.717) is 6.54 Å². The second-order valence-corrected chi connectivity index (χ2v) is 8.00. The molecule has 2 aliphatic heterocycles. The molecule has 1 aliphatic carbocycles. The van der Waals surface area contributed by atoms with Crippen molar-refractivity contribution in [2.45, 2.75) is 51.0 Å². The highest BCUT2D eigenvalue weighted by Crippen LogP contribution is 2.17. The molecular weight excluding hydrogens is 346 g/mol. The standard InChI is InChI=1S/C19H33N5O3/c25-17(21-19(27)20-16-6-2-3-7-16)14-22-10-12-23(13-11-22)15-18(26)24-8-4-1-5-9-24/h16H,1-15H2,(H2,20,21,25,27). The van der Waals surface area contributed by atoms with Crippen molar-refractivity contribution >= 4 is 17.8 Å². The molecule has 4 amide bonds. The van der Waals surface area contributed by atoms with E-state index in [2.05, 4.69) is 15.5 Å². The van der Waals surface area contributed by atoms with Gasteiger partial charge in [-0.25, -0.2) is 4.79 Å². The van der Waals surface area contributed by atoms with Gasteiger partial charge in [0.05, 0.1) is 13.1 Å². The minimum atomic E-state index is -0.377. The predicted octanol–water partition coefficient (Wildman–Crippen LogP) is 0.385. The molecule has 0 aromatic heterocycles. The van der Waals surface area contributed by atoms with Gasteiger partial charge in [-0.05, 0) is 32.1 Å². The summed E-state index contributed by atoms with van der Waals surface area (Å²) >= 11 is 0. The summed E-state index contributed by atoms with van der Waals surface area (Å²) in [6, 6.07) is -0.170. The number of rotatable bonds is 5. The third kappa shape index (κ3) is 6.46. The smallest absolute Gasteiger partial charge is 0.321 e. The van der Waals surface area contributed by atoms with Gasteiger partial charge in [-0.15, -0.1) is 0 Å². The summed E-state index contributed by atoms with van der Waals surface area (Å²) in [6.07, 6.45) is 7.74. The Labute approximate surface area is 161 Å². The number of amides is 4. The monoisotopic (exact) mass is 379 g/mol. The average Bonchev–Trinajstić information content (AvgIpc) is 3.16. The predicted molar refractivity (Wildman–Crippen MR) is 102 cm³/mol. The summed E-state index contributed by atoms with van der Waals surface area (Å²) in [6.45, 7) is 5.53. The highest BCUT2D eigenvalue weighted by Gasteiger charge is 2.24. The van der Waals surface area contributed by atoms with Crippen LogP contribution in [0.15, 0.2) is 0 Å². The maximum Gasteiger partial charge on any atom is 0.321 e. The maximum atomic E-state index is 12.4. The molecule has 152 valence electrons. The Hall–Kier alpha value is -1.67. The van der Waals surface area contributed by atoms with Gasteiger partial charge < -0.3 is 10.2 Å². The second-order valence-electron chi connectivity index (χ2n) is 8.00. The summed E-state index contributed by atoms with van der Waals surface area (Å²) in [7, 11) is 0. The van der Waals surface area contributed by atoms with Crippen molar-refractivity contribution in [1.29, 1.82) is 0 Å². The van der Waals surface area contributed by atoms with Gasteiger partial charge in [0.1, 0.15) is 0 Å². The van der Waals surface area contributed by atoms with E-state index in [9.17, 15) is 14.4 Å². The Morgan fingerprint density at radius 3 is 1.96 bits per heavy atom. The Kier molecular flexibility index (Phi) is 7.46. The third-order valence-electron chi connectivity index (χ3n) is 5.84. The molecule has 3 aliphatic rings. The SMILES string of the molecule is O=C(CN1CCN(CC(=O)N2CCCCC2)CC1)NC(=O)NC1CCCC1. The molecule has 0 unspecified atom stereocenters. The zero-order valence-corrected chi connectivity index (χ0v) is 16.3. The molecule has 0 bridgehead atoms. The quantitative estimate of drug-likeness (QED) is 0.722. The van der Waals surface area contributed by atoms with Crippen LogP contribution in [0.3, 0.4) is 0 Å². The number of urea groups is 1. The number of carbonyl (C=O) groups is 3. The van der Waals surface area contributed by atoms with Crippen LogP contribution in [0.25, 0.3) is 0 Å². The van der Waals surface area contributed by atoms with Crippen molar-refractivity contribution in [3.05, 3.63) is 0 Å². The number of piperazine rings is 1. The molecule has 0 spiro atoms. The fourth-order valence-corrected chi connectivity index (χ4v) is 4.20. The molecule has 8 nitrogen and oxygen atoms in total. The fourth-order valence-electron chi connectivity index (χ4n) is 4.20. The van der Waals surface area contributed by atoms with E-state index in [1.165, 1.54) is 6.42 Å². The third-order valence-corrected chi connectivity index (χ3v) is 5.84. The molecule has 2 saturated heterocycles. The molecule has 2 N–H and O–H groups in total. The van der Waals surface area contributed by atoms with E-state index < -0.39 is 0 Å². The zero-order chi connectivity index (χ0) is 19.1. The minimum absolute atomic E-state index is 0.207. The molecule has 0 atom stereocenters. The largest absolute Gasteiger partial charge is 0.342 e. The Morgan fingerprint density at radius 1 is 0.741 bits per heavy atom. The molecule has 0 aromatic rings. The minimum Gasteiger partial charge on any atom is -0.342 e. The summed E-state index contributed by atoms with van der Waals surface area (Å²) in [5.41, 5.74) is 0. The van der Waals surface area contributed by atoms with Crippen LogP contribution in [-0.2, 0) is 9.59 Å². The number of hydrogen-bond acceptors (Lipinski definition) is 5. The van der Waals surface area contributed by atoms with Crippen molar-refractivity contribution in [2.24, 2.45) is 0 Å². The van der Waals surface area contributed by atoms with E-state index >= 15 is 0 Å². The van der Waals surface area contributed by atoms with Crippen LogP contribution in [-0.4, -0.2) is 90.9 Å². The van der Waals surface area contributed by atoms with Crippen LogP contribution in [0.2, 0.25) is 0 Å². The summed E-state index contributed by atoms with van der Waals surface area (Å²) in [4.78, 5) is 42.5. The van der Waals surface area contributed by atoms with Crippen LogP contribution < -0.4 is 10.6 Å². The first kappa shape index (κ1) is 20.1. The second kappa shape index (κ2) is 10.0. The molecule has 8 heteroatoms. The number of likely N-dealkylation sites (tertiary alicyclic amines) is 1. The number of piperidine rings is 1. The number of carbonyl (C=O) groups excluding carboxylic acids is 3. The first-order chi connectivity index (χ1) is 13.1. The van der Waals surface area contributed by atoms with Gasteiger partial charge in [0.15, 0.2) is 0 Å². The van der Waals surface area contributed by atoms with Crippen molar-refractivity contribution in [2.75, 3.05) is 52.4 Å². The van der Waals surface area contributed by atoms with Crippen molar-refractivity contribution in [1.82, 2.24) is 25.3 Å². The van der Waals surface area contributed by atoms with Gasteiger partial charge in [0.25, 0.3) is 0 Å². The average molecular weight is 380 g/mol. The van der Waals surface area contributed by atoms with Crippen molar-refractivity contribution < 1.29 is 14.4 Å². The Morgan fingerprint density at radius 2 is 1.33 bits per heavy atom. The first-order valence-corrected chi connectivity index (χ1v) is 10.4. The summed E-state index contributed by atoms with van der Waals surface area (Å²) in [5, 5.41) is 5.30. The Balaban J connectivity index is 1.30. The first-order valence-electron chi connectivity index (χ1n) is 10.4. The zero-order valence-electron chi connectivity index (χ0n) is 16.3. The molecule has 0 aromatic carbocycles. The number of hydrogen-bond donors (Lipinski definition) is 2. The van der Waals surface area contributed by atoms with Crippen LogP contribution in [0.4, 0.5) is 4.79 Å². The Bertz CT molecular complexity index is 521. The van der Waals surface area contributed by atoms with Crippen LogP contribution in [0.5, 0.6) is 0 Å². The van der Waals surface area contributed by atoms with Crippen LogP contribution in [0.1, 0.15) is 44.9 Å². The highest BCUT2D eigenvalue weighted by atomic mass is 16.2. The lowest BCUT2D eigenvalue weighted by molar-refractivity contribution is -0.134. The van der Waals surface area contributed by atoms with Crippen LogP contribution >= 0.6 is 0 Å². The van der Waals surface area contributed by atoms with E-state index in [0.717, 1.165) is 77.8 Å². The number of imide groups is 1. The lowest BCUT2D eigenvalue weighted by Crippen LogP contribution is -2.53. The van der Waals surface area contributed by atoms with E-state index in [-0.39, 0.29) is 30.4 Å². The highest BCUT2D eigenvalue weighted by molar-refractivity contribution is 5.95. The van der Waals surface area contributed by atoms with Crippen molar-refractivity contribution in [3.63, 3.8) is 0 Å². The van der Waals surface area contributed by atoms with Gasteiger partial charge in [-0.2, -0.15) is 0 Å². The molecule has 1 saturated carbocycles. The van der Waals surface area contributed by atoms with Gasteiger partial charge in [0.2, 0.25) is 11.8 Å². The summed E-state index contributed by atoms with van der Waals surface area (Å²) in [5.74, 6) is -0.0344. The van der Waals surface area contributed by atoms with Gasteiger partial charge in [-0.1, -0.05) is 12.8 Å². The van der Waals surface area contributed by atoms with Crippen molar-refractivity contribution in [3.8, 4) is 0 Å². The molecule has 3 rings (SSSR count). The molecular formula is C19H33N5O3. The van der Waals surface area contributed by atoms with Gasteiger partial charge in [-0.3, -0.25) is 24.7 Å². The van der Waals surface area contributed by atoms with Gasteiger partial charge in [0, 0.05) is 45.3 Å². The number of nitrogens with zero attached hydrogens (tertiary/aromatic N) is 3. The lowest BCUT2D eigenvalue weighted by Gasteiger charge is -2.35.